The standard InChI is InChI=1S/C22H18Cl2N2O3/c1-12-20-14-8-7-13(23)9-16(14)21(15-5-3-4-6-18(15)24)25-10-17(20)22(28)26(12)11-19(27)29-2/h3-9,12H,10-11H2,1-2H3. The molecule has 0 spiro atoms. The van der Waals surface area contributed by atoms with E-state index in [4.69, 9.17) is 32.9 Å². The average Bonchev–Trinajstić information content (AvgIpc) is 2.85. The van der Waals surface area contributed by atoms with Crippen LogP contribution in [0.4, 0.5) is 0 Å². The topological polar surface area (TPSA) is 59.0 Å². The molecule has 29 heavy (non-hydrogen) atoms. The van der Waals surface area contributed by atoms with E-state index in [1.165, 1.54) is 12.0 Å². The van der Waals surface area contributed by atoms with Crippen LogP contribution in [0.15, 0.2) is 53.0 Å². The molecule has 0 bridgehead atoms. The molecular weight excluding hydrogens is 411 g/mol. The smallest absolute Gasteiger partial charge is 0.325 e. The van der Waals surface area contributed by atoms with Crippen molar-refractivity contribution in [2.24, 2.45) is 4.99 Å². The summed E-state index contributed by atoms with van der Waals surface area (Å²) in [6.07, 6.45) is 0. The van der Waals surface area contributed by atoms with Gasteiger partial charge in [0.2, 0.25) is 0 Å². The van der Waals surface area contributed by atoms with Gasteiger partial charge in [0.05, 0.1) is 25.4 Å². The SMILES string of the molecule is COC(=O)CN1C(=O)C2=C(c3ccc(Cl)cc3C(c3ccccc3Cl)=NC2)C1C. The zero-order valence-electron chi connectivity index (χ0n) is 15.9. The molecule has 5 nitrogen and oxygen atoms in total. The molecule has 0 radical (unpaired) electrons. The van der Waals surface area contributed by atoms with Crippen LogP contribution in [0, 0.1) is 0 Å². The number of halogens is 2. The largest absolute Gasteiger partial charge is 0.468 e. The summed E-state index contributed by atoms with van der Waals surface area (Å²) in [6, 6.07) is 12.7. The van der Waals surface area contributed by atoms with Crippen LogP contribution in [-0.4, -0.2) is 48.7 Å². The van der Waals surface area contributed by atoms with Crippen LogP contribution in [-0.2, 0) is 14.3 Å². The van der Waals surface area contributed by atoms with Crippen molar-refractivity contribution < 1.29 is 14.3 Å². The fourth-order valence-corrected chi connectivity index (χ4v) is 4.30. The quantitative estimate of drug-likeness (QED) is 0.694. The number of aliphatic imine (C=N–C) groups is 1. The van der Waals surface area contributed by atoms with Gasteiger partial charge in [-0.3, -0.25) is 14.6 Å². The van der Waals surface area contributed by atoms with E-state index in [0.717, 1.165) is 22.3 Å². The third-order valence-electron chi connectivity index (χ3n) is 5.31. The summed E-state index contributed by atoms with van der Waals surface area (Å²) in [6.45, 7) is 2.00. The number of ether oxygens (including phenoxy) is 1. The highest BCUT2D eigenvalue weighted by Gasteiger charge is 2.40. The molecule has 0 fully saturated rings. The van der Waals surface area contributed by atoms with Gasteiger partial charge in [-0.15, -0.1) is 0 Å². The van der Waals surface area contributed by atoms with Crippen molar-refractivity contribution in [1.82, 2.24) is 4.90 Å². The highest BCUT2D eigenvalue weighted by molar-refractivity contribution is 6.36. The maximum Gasteiger partial charge on any atom is 0.325 e. The van der Waals surface area contributed by atoms with Crippen molar-refractivity contribution in [3.63, 3.8) is 0 Å². The third-order valence-corrected chi connectivity index (χ3v) is 5.87. The predicted molar refractivity (Wildman–Crippen MR) is 114 cm³/mol. The van der Waals surface area contributed by atoms with E-state index in [1.807, 2.05) is 43.3 Å². The maximum atomic E-state index is 13.1. The van der Waals surface area contributed by atoms with E-state index in [-0.39, 0.29) is 25.0 Å². The summed E-state index contributed by atoms with van der Waals surface area (Å²) in [5.74, 6) is -0.664. The minimum absolute atomic E-state index is 0.104. The second-order valence-corrected chi connectivity index (χ2v) is 7.76. The molecule has 1 atom stereocenters. The molecule has 2 aromatic carbocycles. The normalized spacial score (nSPS) is 18.2. The van der Waals surface area contributed by atoms with E-state index >= 15 is 0 Å². The lowest BCUT2D eigenvalue weighted by molar-refractivity contribution is -0.145. The van der Waals surface area contributed by atoms with Crippen molar-refractivity contribution in [2.45, 2.75) is 13.0 Å². The second kappa shape index (κ2) is 7.65. The number of fused-ring (bicyclic) bond motifs is 2. The van der Waals surface area contributed by atoms with E-state index in [9.17, 15) is 9.59 Å². The lowest BCUT2D eigenvalue weighted by atomic mass is 9.90. The Balaban J connectivity index is 1.86. The lowest BCUT2D eigenvalue weighted by Crippen LogP contribution is -2.38. The second-order valence-electron chi connectivity index (χ2n) is 6.91. The number of carbonyl (C=O) groups excluding carboxylic acids is 2. The minimum atomic E-state index is -0.459. The van der Waals surface area contributed by atoms with Crippen LogP contribution in [0.2, 0.25) is 10.0 Å². The first-order valence-electron chi connectivity index (χ1n) is 9.12. The average molecular weight is 429 g/mol. The van der Waals surface area contributed by atoms with Crippen molar-refractivity contribution in [3.8, 4) is 0 Å². The number of hydrogen-bond acceptors (Lipinski definition) is 4. The molecule has 0 aromatic heterocycles. The molecule has 4 rings (SSSR count). The van der Waals surface area contributed by atoms with Gasteiger partial charge in [-0.05, 0) is 36.3 Å². The Morgan fingerprint density at radius 2 is 1.93 bits per heavy atom. The zero-order valence-corrected chi connectivity index (χ0v) is 17.4. The summed E-state index contributed by atoms with van der Waals surface area (Å²) in [5.41, 5.74) is 4.60. The fourth-order valence-electron chi connectivity index (χ4n) is 3.90. The van der Waals surface area contributed by atoms with E-state index in [1.54, 1.807) is 6.07 Å². The Hall–Kier alpha value is -2.63. The zero-order chi connectivity index (χ0) is 20.7. The van der Waals surface area contributed by atoms with Crippen LogP contribution >= 0.6 is 23.2 Å². The summed E-state index contributed by atoms with van der Waals surface area (Å²) in [7, 11) is 1.31. The molecule has 2 aromatic rings. The lowest BCUT2D eigenvalue weighted by Gasteiger charge is -2.24. The van der Waals surface area contributed by atoms with Crippen molar-refractivity contribution in [1.29, 1.82) is 0 Å². The van der Waals surface area contributed by atoms with Crippen molar-refractivity contribution in [2.75, 3.05) is 20.2 Å². The Labute approximate surface area is 178 Å². The molecular formula is C22H18Cl2N2O3. The van der Waals surface area contributed by atoms with Gasteiger partial charge >= 0.3 is 5.97 Å². The van der Waals surface area contributed by atoms with Gasteiger partial charge < -0.3 is 9.64 Å². The first-order valence-corrected chi connectivity index (χ1v) is 9.88. The summed E-state index contributed by atoms with van der Waals surface area (Å²) < 4.78 is 4.75. The van der Waals surface area contributed by atoms with Crippen LogP contribution in [0.3, 0.4) is 0 Å². The molecule has 0 N–H and O–H groups in total. The van der Waals surface area contributed by atoms with Gasteiger partial charge in [0.15, 0.2) is 0 Å². The Bertz CT molecular complexity index is 1090. The number of rotatable bonds is 3. The Kier molecular flexibility index (Phi) is 5.19. The molecule has 0 saturated heterocycles. The molecule has 2 aliphatic heterocycles. The van der Waals surface area contributed by atoms with Crippen LogP contribution < -0.4 is 0 Å². The van der Waals surface area contributed by atoms with Gasteiger partial charge in [0, 0.05) is 26.7 Å². The van der Waals surface area contributed by atoms with E-state index < -0.39 is 5.97 Å². The first kappa shape index (κ1) is 19.7. The molecule has 0 saturated carbocycles. The van der Waals surface area contributed by atoms with Crippen molar-refractivity contribution in [3.05, 3.63) is 74.8 Å². The fraction of sp³-hybridized carbons (Fsp3) is 0.227. The summed E-state index contributed by atoms with van der Waals surface area (Å²) in [4.78, 5) is 31.2. The number of benzene rings is 2. The highest BCUT2D eigenvalue weighted by atomic mass is 35.5. The minimum Gasteiger partial charge on any atom is -0.468 e. The number of nitrogens with zero attached hydrogens (tertiary/aromatic N) is 2. The number of hydrogen-bond donors (Lipinski definition) is 0. The van der Waals surface area contributed by atoms with Gasteiger partial charge in [-0.1, -0.05) is 47.5 Å². The molecule has 2 aliphatic rings. The maximum absolute atomic E-state index is 13.1. The number of amides is 1. The molecule has 1 amide bonds. The third kappa shape index (κ3) is 3.34. The molecule has 1 unspecified atom stereocenters. The number of esters is 1. The molecule has 2 heterocycles. The Morgan fingerprint density at radius 3 is 2.66 bits per heavy atom. The first-order chi connectivity index (χ1) is 13.9. The highest BCUT2D eigenvalue weighted by Crippen LogP contribution is 2.39. The van der Waals surface area contributed by atoms with Crippen LogP contribution in [0.25, 0.3) is 5.57 Å². The van der Waals surface area contributed by atoms with Crippen LogP contribution in [0.1, 0.15) is 23.6 Å². The molecule has 0 aliphatic carbocycles. The monoisotopic (exact) mass is 428 g/mol. The molecule has 7 heteroatoms. The number of carbonyl (C=O) groups is 2. The number of methoxy groups -OCH3 is 1. The van der Waals surface area contributed by atoms with Gasteiger partial charge in [0.25, 0.3) is 5.91 Å². The van der Waals surface area contributed by atoms with E-state index in [0.29, 0.717) is 21.3 Å². The van der Waals surface area contributed by atoms with E-state index in [2.05, 4.69) is 0 Å². The van der Waals surface area contributed by atoms with Crippen LogP contribution in [0.5, 0.6) is 0 Å². The summed E-state index contributed by atoms with van der Waals surface area (Å²) >= 11 is 12.7. The summed E-state index contributed by atoms with van der Waals surface area (Å²) in [5, 5.41) is 1.14. The predicted octanol–water partition coefficient (Wildman–Crippen LogP) is 4.00. The molecule has 148 valence electrons. The van der Waals surface area contributed by atoms with Gasteiger partial charge in [-0.2, -0.15) is 0 Å². The van der Waals surface area contributed by atoms with Gasteiger partial charge in [0.1, 0.15) is 6.54 Å². The van der Waals surface area contributed by atoms with Gasteiger partial charge in [-0.25, -0.2) is 0 Å². The van der Waals surface area contributed by atoms with Crippen molar-refractivity contribution >= 4 is 46.4 Å². The Morgan fingerprint density at radius 1 is 1.17 bits per heavy atom.